The molecule has 1 aromatic carbocycles. The molecule has 1 unspecified atom stereocenters. The summed E-state index contributed by atoms with van der Waals surface area (Å²) in [6.45, 7) is 0.0499. The second-order valence-electron chi connectivity index (χ2n) is 4.59. The highest BCUT2D eigenvalue weighted by Gasteiger charge is 2.31. The quantitative estimate of drug-likeness (QED) is 0.877. The number of halogens is 2. The van der Waals surface area contributed by atoms with E-state index >= 15 is 0 Å². The molecular weight excluding hydrogens is 301 g/mol. The van der Waals surface area contributed by atoms with Crippen LogP contribution in [0.5, 0.6) is 0 Å². The molecule has 1 atom stereocenters. The lowest BCUT2D eigenvalue weighted by Gasteiger charge is -2.17. The van der Waals surface area contributed by atoms with Gasteiger partial charge in [-0.05, 0) is 43.4 Å². The average Bonchev–Trinajstić information content (AvgIpc) is 3.10. The Hall–Kier alpha value is -0.940. The van der Waals surface area contributed by atoms with Crippen molar-refractivity contribution in [3.05, 3.63) is 34.1 Å². The number of benzene rings is 1. The average molecular weight is 316 g/mol. The number of carbonyl (C=O) groups excluding carboxylic acids is 1. The molecule has 5 heteroatoms. The van der Waals surface area contributed by atoms with Crippen molar-refractivity contribution in [1.82, 2.24) is 5.32 Å². The van der Waals surface area contributed by atoms with Crippen molar-refractivity contribution in [3.63, 3.8) is 0 Å². The number of rotatable bonds is 5. The first-order valence-electron chi connectivity index (χ1n) is 5.98. The largest absolute Gasteiger partial charge is 0.396 e. The molecular formula is C13H15BrFNO2. The molecule has 98 valence electrons. The molecule has 1 aromatic rings. The zero-order valence-corrected chi connectivity index (χ0v) is 11.4. The lowest BCUT2D eigenvalue weighted by Crippen LogP contribution is -2.37. The van der Waals surface area contributed by atoms with Gasteiger partial charge >= 0.3 is 0 Å². The third kappa shape index (κ3) is 3.53. The Kier molecular flexibility index (Phi) is 4.35. The summed E-state index contributed by atoms with van der Waals surface area (Å²) in [4.78, 5) is 12.0. The fraction of sp³-hybridized carbons (Fsp3) is 0.462. The highest BCUT2D eigenvalue weighted by atomic mass is 79.9. The van der Waals surface area contributed by atoms with Gasteiger partial charge < -0.3 is 10.4 Å². The molecule has 0 radical (unpaired) electrons. The third-order valence-corrected chi connectivity index (χ3v) is 3.53. The Morgan fingerprint density at radius 1 is 1.50 bits per heavy atom. The monoisotopic (exact) mass is 315 g/mol. The van der Waals surface area contributed by atoms with E-state index in [0.717, 1.165) is 12.8 Å². The zero-order valence-electron chi connectivity index (χ0n) is 9.83. The lowest BCUT2D eigenvalue weighted by molar-refractivity contribution is 0.0923. The van der Waals surface area contributed by atoms with Crippen molar-refractivity contribution in [2.75, 3.05) is 6.61 Å². The summed E-state index contributed by atoms with van der Waals surface area (Å²) >= 11 is 3.16. The van der Waals surface area contributed by atoms with E-state index in [1.54, 1.807) is 6.07 Å². The van der Waals surface area contributed by atoms with E-state index in [1.807, 2.05) is 0 Å². The van der Waals surface area contributed by atoms with Crippen LogP contribution in [0.4, 0.5) is 4.39 Å². The molecule has 2 rings (SSSR count). The van der Waals surface area contributed by atoms with Crippen molar-refractivity contribution in [2.45, 2.75) is 25.3 Å². The van der Waals surface area contributed by atoms with Crippen LogP contribution >= 0.6 is 15.9 Å². The number of carbonyl (C=O) groups is 1. The molecule has 18 heavy (non-hydrogen) atoms. The molecule has 1 amide bonds. The second-order valence-corrected chi connectivity index (χ2v) is 5.50. The molecule has 1 saturated carbocycles. The van der Waals surface area contributed by atoms with Gasteiger partial charge in [0, 0.05) is 22.7 Å². The van der Waals surface area contributed by atoms with Crippen molar-refractivity contribution in [1.29, 1.82) is 0 Å². The zero-order chi connectivity index (χ0) is 13.1. The van der Waals surface area contributed by atoms with Gasteiger partial charge in [-0.3, -0.25) is 4.79 Å². The molecule has 0 spiro atoms. The fourth-order valence-corrected chi connectivity index (χ4v) is 2.47. The van der Waals surface area contributed by atoms with Gasteiger partial charge in [-0.15, -0.1) is 0 Å². The number of amides is 1. The highest BCUT2D eigenvalue weighted by molar-refractivity contribution is 9.10. The highest BCUT2D eigenvalue weighted by Crippen LogP contribution is 2.34. The summed E-state index contributed by atoms with van der Waals surface area (Å²) in [5, 5.41) is 11.8. The van der Waals surface area contributed by atoms with Gasteiger partial charge in [0.15, 0.2) is 0 Å². The third-order valence-electron chi connectivity index (χ3n) is 3.07. The standard InChI is InChI=1S/C13H15BrFNO2/c14-10-5-9(6-11(15)7-10)13(18)16-12(3-4-17)8-1-2-8/h5-8,12,17H,1-4H2,(H,16,18). The van der Waals surface area contributed by atoms with E-state index in [0.29, 0.717) is 22.4 Å². The van der Waals surface area contributed by atoms with Gasteiger partial charge in [-0.25, -0.2) is 4.39 Å². The van der Waals surface area contributed by atoms with E-state index in [-0.39, 0.29) is 18.6 Å². The van der Waals surface area contributed by atoms with Gasteiger partial charge in [0.1, 0.15) is 5.82 Å². The molecule has 0 aliphatic heterocycles. The van der Waals surface area contributed by atoms with E-state index in [2.05, 4.69) is 21.2 Å². The molecule has 0 bridgehead atoms. The first-order chi connectivity index (χ1) is 8.60. The van der Waals surface area contributed by atoms with Crippen LogP contribution in [-0.2, 0) is 0 Å². The van der Waals surface area contributed by atoms with Crippen LogP contribution in [-0.4, -0.2) is 23.7 Å². The molecule has 1 aliphatic carbocycles. The Morgan fingerprint density at radius 3 is 2.78 bits per heavy atom. The fourth-order valence-electron chi connectivity index (χ4n) is 2.00. The minimum atomic E-state index is -0.445. The number of hydrogen-bond donors (Lipinski definition) is 2. The minimum absolute atomic E-state index is 0.00968. The van der Waals surface area contributed by atoms with E-state index in [1.165, 1.54) is 12.1 Å². The van der Waals surface area contributed by atoms with Crippen LogP contribution in [0.15, 0.2) is 22.7 Å². The summed E-state index contributed by atoms with van der Waals surface area (Å²) in [5.74, 6) is -0.279. The maximum Gasteiger partial charge on any atom is 0.251 e. The van der Waals surface area contributed by atoms with Crippen LogP contribution in [0.25, 0.3) is 0 Å². The molecule has 0 saturated heterocycles. The molecule has 1 aliphatic rings. The van der Waals surface area contributed by atoms with Crippen molar-refractivity contribution in [2.24, 2.45) is 5.92 Å². The Bertz CT molecular complexity index is 428. The summed E-state index contributed by atoms with van der Waals surface area (Å²) < 4.78 is 13.7. The van der Waals surface area contributed by atoms with Gasteiger partial charge in [-0.1, -0.05) is 15.9 Å². The van der Waals surface area contributed by atoms with Crippen molar-refractivity contribution < 1.29 is 14.3 Å². The molecule has 3 nitrogen and oxygen atoms in total. The Balaban J connectivity index is 2.05. The molecule has 0 aromatic heterocycles. The van der Waals surface area contributed by atoms with Crippen LogP contribution in [0, 0.1) is 11.7 Å². The van der Waals surface area contributed by atoms with Gasteiger partial charge in [0.2, 0.25) is 0 Å². The maximum absolute atomic E-state index is 13.2. The Morgan fingerprint density at radius 2 is 2.22 bits per heavy atom. The van der Waals surface area contributed by atoms with Gasteiger partial charge in [0.25, 0.3) is 5.91 Å². The molecule has 0 heterocycles. The normalized spacial score (nSPS) is 16.4. The van der Waals surface area contributed by atoms with Crippen LogP contribution in [0.2, 0.25) is 0 Å². The summed E-state index contributed by atoms with van der Waals surface area (Å²) in [6.07, 6.45) is 2.71. The van der Waals surface area contributed by atoms with Crippen molar-refractivity contribution >= 4 is 21.8 Å². The predicted molar refractivity (Wildman–Crippen MR) is 69.8 cm³/mol. The van der Waals surface area contributed by atoms with E-state index < -0.39 is 5.82 Å². The van der Waals surface area contributed by atoms with Crippen LogP contribution < -0.4 is 5.32 Å². The predicted octanol–water partition coefficient (Wildman–Crippen LogP) is 2.48. The first kappa shape index (κ1) is 13.5. The van der Waals surface area contributed by atoms with Crippen LogP contribution in [0.3, 0.4) is 0 Å². The maximum atomic E-state index is 13.2. The topological polar surface area (TPSA) is 49.3 Å². The van der Waals surface area contributed by atoms with Gasteiger partial charge in [0.05, 0.1) is 0 Å². The number of hydrogen-bond acceptors (Lipinski definition) is 2. The second kappa shape index (κ2) is 5.80. The molecule has 1 fully saturated rings. The van der Waals surface area contributed by atoms with Crippen LogP contribution in [0.1, 0.15) is 29.6 Å². The van der Waals surface area contributed by atoms with E-state index in [9.17, 15) is 9.18 Å². The first-order valence-corrected chi connectivity index (χ1v) is 6.77. The number of aliphatic hydroxyl groups excluding tert-OH is 1. The minimum Gasteiger partial charge on any atom is -0.396 e. The molecule has 2 N–H and O–H groups in total. The number of nitrogens with one attached hydrogen (secondary N) is 1. The Labute approximate surface area is 114 Å². The van der Waals surface area contributed by atoms with Crippen molar-refractivity contribution in [3.8, 4) is 0 Å². The number of aliphatic hydroxyl groups is 1. The summed E-state index contributed by atoms with van der Waals surface area (Å²) in [7, 11) is 0. The SMILES string of the molecule is O=C(NC(CCO)C1CC1)c1cc(F)cc(Br)c1. The smallest absolute Gasteiger partial charge is 0.251 e. The summed E-state index contributed by atoms with van der Waals surface area (Å²) in [5.41, 5.74) is 0.297. The van der Waals surface area contributed by atoms with Gasteiger partial charge in [-0.2, -0.15) is 0 Å². The lowest BCUT2D eigenvalue weighted by atomic mass is 10.1. The summed E-state index contributed by atoms with van der Waals surface area (Å²) in [6, 6.07) is 4.09. The van der Waals surface area contributed by atoms with E-state index in [4.69, 9.17) is 5.11 Å².